The number of pyridine rings is 1. The third-order valence-electron chi connectivity index (χ3n) is 4.84. The molecule has 1 aliphatic rings. The maximum absolute atomic E-state index is 5.42. The molecule has 0 amide bonds. The molecular formula is C21H23N2O+. The molecule has 1 saturated heterocycles. The predicted molar refractivity (Wildman–Crippen MR) is 98.6 cm³/mol. The van der Waals surface area contributed by atoms with Crippen molar-refractivity contribution in [3.8, 4) is 16.9 Å². The Bertz CT molecular complexity index is 839. The lowest BCUT2D eigenvalue weighted by Gasteiger charge is -2.22. The second kappa shape index (κ2) is 6.52. The van der Waals surface area contributed by atoms with Gasteiger partial charge in [0.1, 0.15) is 11.3 Å². The normalized spacial score (nSPS) is 14.8. The van der Waals surface area contributed by atoms with Crippen LogP contribution in [0.25, 0.3) is 22.0 Å². The summed E-state index contributed by atoms with van der Waals surface area (Å²) in [5.74, 6) is 2.09. The lowest BCUT2D eigenvalue weighted by atomic mass is 10.0. The van der Waals surface area contributed by atoms with Crippen LogP contribution in [0.2, 0.25) is 0 Å². The molecule has 2 aromatic carbocycles. The quantitative estimate of drug-likeness (QED) is 0.719. The molecule has 1 N–H and O–H groups in total. The number of benzene rings is 2. The molecule has 1 fully saturated rings. The summed E-state index contributed by atoms with van der Waals surface area (Å²) in [6, 6.07) is 19.2. The fraction of sp³-hybridized carbons (Fsp3) is 0.286. The summed E-state index contributed by atoms with van der Waals surface area (Å²) >= 11 is 0. The van der Waals surface area contributed by atoms with Crippen LogP contribution in [0.5, 0.6) is 5.75 Å². The van der Waals surface area contributed by atoms with E-state index in [1.165, 1.54) is 41.6 Å². The Morgan fingerprint density at radius 1 is 0.917 bits per heavy atom. The number of aromatic amines is 1. The van der Waals surface area contributed by atoms with Gasteiger partial charge in [0.15, 0.2) is 0 Å². The van der Waals surface area contributed by atoms with Gasteiger partial charge in [0.2, 0.25) is 0 Å². The minimum absolute atomic E-state index is 0.883. The molecule has 0 unspecified atom stereocenters. The minimum Gasteiger partial charge on any atom is -0.497 e. The summed E-state index contributed by atoms with van der Waals surface area (Å²) in [6.45, 7) is 2.25. The van der Waals surface area contributed by atoms with Gasteiger partial charge in [-0.1, -0.05) is 30.3 Å². The molecule has 0 radical (unpaired) electrons. The fourth-order valence-electron chi connectivity index (χ4n) is 3.54. The average molecular weight is 319 g/mol. The molecule has 0 aliphatic carbocycles. The van der Waals surface area contributed by atoms with E-state index in [0.29, 0.717) is 0 Å². The number of nitrogens with zero attached hydrogens (tertiary/aromatic N) is 1. The van der Waals surface area contributed by atoms with Crippen molar-refractivity contribution in [3.05, 3.63) is 54.6 Å². The van der Waals surface area contributed by atoms with Crippen molar-refractivity contribution < 1.29 is 9.72 Å². The first-order valence-electron chi connectivity index (χ1n) is 8.69. The smallest absolute Gasteiger partial charge is 0.275 e. The van der Waals surface area contributed by atoms with Gasteiger partial charge in [0, 0.05) is 23.1 Å². The van der Waals surface area contributed by atoms with Crippen molar-refractivity contribution in [2.45, 2.75) is 19.3 Å². The van der Waals surface area contributed by atoms with Crippen LogP contribution >= 0.6 is 0 Å². The van der Waals surface area contributed by atoms with E-state index >= 15 is 0 Å². The van der Waals surface area contributed by atoms with E-state index in [4.69, 9.17) is 4.74 Å². The van der Waals surface area contributed by atoms with Gasteiger partial charge in [-0.2, -0.15) is 0 Å². The number of piperidine rings is 1. The van der Waals surface area contributed by atoms with E-state index in [1.807, 2.05) is 6.07 Å². The van der Waals surface area contributed by atoms with Gasteiger partial charge in [0.25, 0.3) is 5.82 Å². The molecule has 0 spiro atoms. The molecule has 3 nitrogen and oxygen atoms in total. The number of ether oxygens (including phenoxy) is 1. The summed E-state index contributed by atoms with van der Waals surface area (Å²) in [4.78, 5) is 6.09. The molecule has 122 valence electrons. The van der Waals surface area contributed by atoms with Crippen molar-refractivity contribution in [2.24, 2.45) is 0 Å². The Morgan fingerprint density at radius 3 is 2.46 bits per heavy atom. The Morgan fingerprint density at radius 2 is 1.71 bits per heavy atom. The Hall–Kier alpha value is -2.55. The largest absolute Gasteiger partial charge is 0.497 e. The molecule has 1 aromatic heterocycles. The zero-order chi connectivity index (χ0) is 16.4. The number of fused-ring (bicyclic) bond motifs is 1. The van der Waals surface area contributed by atoms with Gasteiger partial charge in [-0.3, -0.25) is 4.90 Å². The highest BCUT2D eigenvalue weighted by atomic mass is 16.5. The molecule has 1 aliphatic heterocycles. The first kappa shape index (κ1) is 15.0. The van der Waals surface area contributed by atoms with Crippen LogP contribution in [0.3, 0.4) is 0 Å². The standard InChI is InChI=1S/C21H22N2O/c1-24-17-10-11-18-19(16-8-4-2-5-9-16)15-21(22-20(18)14-17)23-12-6-3-7-13-23/h2,4-5,8-11,14-15H,3,6-7,12-13H2,1H3/p+1. The number of H-pyrrole nitrogens is 1. The molecule has 3 aromatic rings. The number of anilines is 1. The van der Waals surface area contributed by atoms with Crippen LogP contribution in [0.15, 0.2) is 54.6 Å². The van der Waals surface area contributed by atoms with Crippen molar-refractivity contribution in [2.75, 3.05) is 25.1 Å². The second-order valence-corrected chi connectivity index (χ2v) is 6.39. The van der Waals surface area contributed by atoms with Crippen LogP contribution in [0, 0.1) is 0 Å². The zero-order valence-corrected chi connectivity index (χ0v) is 14.1. The van der Waals surface area contributed by atoms with E-state index < -0.39 is 0 Å². The van der Waals surface area contributed by atoms with E-state index in [2.05, 4.69) is 58.4 Å². The Balaban J connectivity index is 1.90. The van der Waals surface area contributed by atoms with E-state index in [9.17, 15) is 0 Å². The SMILES string of the molecule is COc1ccc2c(-c3ccccc3)cc(N3CCCCC3)[nH+]c2c1. The Kier molecular flexibility index (Phi) is 4.08. The molecular weight excluding hydrogens is 296 g/mol. The van der Waals surface area contributed by atoms with Gasteiger partial charge in [-0.15, -0.1) is 0 Å². The zero-order valence-electron chi connectivity index (χ0n) is 14.1. The third-order valence-corrected chi connectivity index (χ3v) is 4.84. The van der Waals surface area contributed by atoms with E-state index in [0.717, 1.165) is 24.4 Å². The summed E-state index contributed by atoms with van der Waals surface area (Å²) in [7, 11) is 1.72. The van der Waals surface area contributed by atoms with Crippen LogP contribution in [-0.4, -0.2) is 20.2 Å². The molecule has 24 heavy (non-hydrogen) atoms. The molecule has 3 heteroatoms. The summed E-state index contributed by atoms with van der Waals surface area (Å²) in [5, 5.41) is 1.22. The average Bonchev–Trinajstić information content (AvgIpc) is 2.68. The highest BCUT2D eigenvalue weighted by Gasteiger charge is 2.21. The highest BCUT2D eigenvalue weighted by Crippen LogP contribution is 2.31. The summed E-state index contributed by atoms with van der Waals surface area (Å²) < 4.78 is 5.42. The van der Waals surface area contributed by atoms with Crippen LogP contribution in [0.1, 0.15) is 19.3 Å². The lowest BCUT2D eigenvalue weighted by molar-refractivity contribution is -0.330. The second-order valence-electron chi connectivity index (χ2n) is 6.39. The summed E-state index contributed by atoms with van der Waals surface area (Å²) in [6.07, 6.45) is 3.87. The minimum atomic E-state index is 0.883. The first-order chi connectivity index (χ1) is 11.8. The van der Waals surface area contributed by atoms with Crippen LogP contribution in [-0.2, 0) is 0 Å². The Labute approximate surface area is 142 Å². The highest BCUT2D eigenvalue weighted by molar-refractivity contribution is 5.94. The number of hydrogen-bond donors (Lipinski definition) is 0. The third kappa shape index (κ3) is 2.82. The molecule has 4 rings (SSSR count). The maximum Gasteiger partial charge on any atom is 0.275 e. The van der Waals surface area contributed by atoms with Crippen molar-refractivity contribution in [1.82, 2.24) is 0 Å². The van der Waals surface area contributed by atoms with E-state index in [-0.39, 0.29) is 0 Å². The lowest BCUT2D eigenvalue weighted by Crippen LogP contribution is -2.34. The van der Waals surface area contributed by atoms with E-state index in [1.54, 1.807) is 7.11 Å². The summed E-state index contributed by atoms with van der Waals surface area (Å²) in [5.41, 5.74) is 3.64. The monoisotopic (exact) mass is 319 g/mol. The van der Waals surface area contributed by atoms with Gasteiger partial charge in [0.05, 0.1) is 20.2 Å². The molecule has 0 saturated carbocycles. The molecule has 2 heterocycles. The molecule has 0 bridgehead atoms. The van der Waals surface area contributed by atoms with Gasteiger partial charge >= 0.3 is 0 Å². The number of methoxy groups -OCH3 is 1. The first-order valence-corrected chi connectivity index (χ1v) is 8.69. The van der Waals surface area contributed by atoms with Gasteiger partial charge < -0.3 is 4.74 Å². The van der Waals surface area contributed by atoms with Crippen molar-refractivity contribution >= 4 is 16.7 Å². The molecule has 0 atom stereocenters. The predicted octanol–water partition coefficient (Wildman–Crippen LogP) is 4.32. The number of aromatic nitrogens is 1. The van der Waals surface area contributed by atoms with Gasteiger partial charge in [-0.25, -0.2) is 4.98 Å². The number of rotatable bonds is 3. The van der Waals surface area contributed by atoms with Crippen LogP contribution < -0.4 is 14.6 Å². The van der Waals surface area contributed by atoms with Gasteiger partial charge in [-0.05, 0) is 37.0 Å². The van der Waals surface area contributed by atoms with Crippen LogP contribution in [0.4, 0.5) is 5.82 Å². The number of hydrogen-bond acceptors (Lipinski definition) is 2. The van der Waals surface area contributed by atoms with Crippen molar-refractivity contribution in [3.63, 3.8) is 0 Å². The fourth-order valence-corrected chi connectivity index (χ4v) is 3.54. The number of nitrogens with one attached hydrogen (secondary N) is 1. The maximum atomic E-state index is 5.42. The van der Waals surface area contributed by atoms with Crippen molar-refractivity contribution in [1.29, 1.82) is 0 Å². The topological polar surface area (TPSA) is 26.6 Å².